The Morgan fingerprint density at radius 2 is 2.33 bits per heavy atom. The highest BCUT2D eigenvalue weighted by atomic mass is 16.2. The van der Waals surface area contributed by atoms with Gasteiger partial charge in [-0.2, -0.15) is 5.11 Å². The monoisotopic (exact) mass is 169 g/mol. The van der Waals surface area contributed by atoms with Gasteiger partial charge in [0, 0.05) is 6.54 Å². The number of amides is 1. The van der Waals surface area contributed by atoms with Gasteiger partial charge in [0.1, 0.15) is 0 Å². The third-order valence-corrected chi connectivity index (χ3v) is 1.18. The molecule has 0 aromatic rings. The molecular formula is C7H11N3O2. The summed E-state index contributed by atoms with van der Waals surface area (Å²) in [4.78, 5) is 21.7. The molecule has 0 fully saturated rings. The average Bonchev–Trinajstić information content (AvgIpc) is 2.01. The van der Waals surface area contributed by atoms with Crippen molar-refractivity contribution in [1.29, 1.82) is 5.53 Å². The fraction of sp³-hybridized carbons (Fsp3) is 0.429. The van der Waals surface area contributed by atoms with Crippen LogP contribution in [0.25, 0.3) is 0 Å². The predicted octanol–water partition coefficient (Wildman–Crippen LogP) is 0.277. The predicted molar refractivity (Wildman–Crippen MR) is 42.8 cm³/mol. The summed E-state index contributed by atoms with van der Waals surface area (Å²) in [6.07, 6.45) is 1.49. The van der Waals surface area contributed by atoms with Crippen LogP contribution >= 0.6 is 0 Å². The van der Waals surface area contributed by atoms with Gasteiger partial charge in [0.25, 0.3) is 5.91 Å². The van der Waals surface area contributed by atoms with Crippen molar-refractivity contribution in [2.45, 2.75) is 13.0 Å². The highest BCUT2D eigenvalue weighted by Gasteiger charge is 2.21. The van der Waals surface area contributed by atoms with Gasteiger partial charge in [-0.1, -0.05) is 6.08 Å². The molecule has 5 heteroatoms. The van der Waals surface area contributed by atoms with Crippen molar-refractivity contribution in [2.75, 3.05) is 6.54 Å². The van der Waals surface area contributed by atoms with E-state index in [1.807, 2.05) is 0 Å². The van der Waals surface area contributed by atoms with Crippen molar-refractivity contribution in [3.8, 4) is 0 Å². The second-order valence-corrected chi connectivity index (χ2v) is 2.18. The number of ketones is 1. The Kier molecular flexibility index (Phi) is 4.52. The normalized spacial score (nSPS) is 11.4. The van der Waals surface area contributed by atoms with Crippen LogP contribution in [0.3, 0.4) is 0 Å². The van der Waals surface area contributed by atoms with E-state index < -0.39 is 17.7 Å². The molecule has 0 aromatic carbocycles. The largest absolute Gasteiger partial charge is 0.350 e. The minimum Gasteiger partial charge on any atom is -0.350 e. The summed E-state index contributed by atoms with van der Waals surface area (Å²) in [5, 5.41) is 5.27. The second kappa shape index (κ2) is 5.17. The molecule has 12 heavy (non-hydrogen) atoms. The lowest BCUT2D eigenvalue weighted by Crippen LogP contribution is -2.37. The standard InChI is InChI=1S/C7H11N3O2/c1-3-4-9-7(12)6(10-8)5(2)11/h3,6,8H,1,4H2,2H3,(H,9,12). The molecule has 0 rings (SSSR count). The molecule has 0 saturated heterocycles. The molecule has 0 aromatic heterocycles. The summed E-state index contributed by atoms with van der Waals surface area (Å²) in [6, 6.07) is -1.20. The molecule has 0 aliphatic rings. The van der Waals surface area contributed by atoms with Crippen LogP contribution < -0.4 is 5.32 Å². The number of carbonyl (C=O) groups is 2. The third-order valence-electron chi connectivity index (χ3n) is 1.18. The molecule has 0 spiro atoms. The molecule has 0 aliphatic carbocycles. The number of nitrogens with one attached hydrogen (secondary N) is 2. The first-order chi connectivity index (χ1) is 5.63. The molecule has 0 radical (unpaired) electrons. The molecule has 1 atom stereocenters. The summed E-state index contributed by atoms with van der Waals surface area (Å²) >= 11 is 0. The van der Waals surface area contributed by atoms with E-state index in [-0.39, 0.29) is 6.54 Å². The summed E-state index contributed by atoms with van der Waals surface area (Å²) in [7, 11) is 0. The van der Waals surface area contributed by atoms with Gasteiger partial charge >= 0.3 is 0 Å². The van der Waals surface area contributed by atoms with Crippen LogP contribution in [0.15, 0.2) is 17.8 Å². The third kappa shape index (κ3) is 3.05. The lowest BCUT2D eigenvalue weighted by atomic mass is 10.2. The summed E-state index contributed by atoms with van der Waals surface area (Å²) in [5.41, 5.74) is 6.57. The molecule has 0 saturated carbocycles. The fourth-order valence-electron chi connectivity index (χ4n) is 0.604. The van der Waals surface area contributed by atoms with E-state index in [0.29, 0.717) is 0 Å². The van der Waals surface area contributed by atoms with Crippen LogP contribution in [0, 0.1) is 5.53 Å². The average molecular weight is 169 g/mol. The van der Waals surface area contributed by atoms with Crippen LogP contribution in [0.5, 0.6) is 0 Å². The molecule has 0 aliphatic heterocycles. The van der Waals surface area contributed by atoms with Crippen molar-refractivity contribution >= 4 is 11.7 Å². The van der Waals surface area contributed by atoms with Gasteiger partial charge in [0.15, 0.2) is 5.78 Å². The maximum atomic E-state index is 11.0. The molecular weight excluding hydrogens is 158 g/mol. The van der Waals surface area contributed by atoms with E-state index in [1.165, 1.54) is 13.0 Å². The molecule has 0 heterocycles. The summed E-state index contributed by atoms with van der Waals surface area (Å²) in [6.45, 7) is 4.88. The van der Waals surface area contributed by atoms with Gasteiger partial charge in [0.2, 0.25) is 6.04 Å². The Morgan fingerprint density at radius 3 is 2.67 bits per heavy atom. The second-order valence-electron chi connectivity index (χ2n) is 2.18. The number of hydrogen-bond donors (Lipinski definition) is 2. The Morgan fingerprint density at radius 1 is 1.75 bits per heavy atom. The SMILES string of the molecule is C=CCNC(=O)C(N=N)C(C)=O. The molecule has 66 valence electrons. The van der Waals surface area contributed by atoms with E-state index in [1.54, 1.807) is 0 Å². The smallest absolute Gasteiger partial charge is 0.254 e. The van der Waals surface area contributed by atoms with Crippen molar-refractivity contribution in [1.82, 2.24) is 5.32 Å². The molecule has 0 bridgehead atoms. The van der Waals surface area contributed by atoms with Crippen LogP contribution in [0.2, 0.25) is 0 Å². The van der Waals surface area contributed by atoms with Gasteiger partial charge < -0.3 is 5.32 Å². The lowest BCUT2D eigenvalue weighted by Gasteiger charge is -2.05. The lowest BCUT2D eigenvalue weighted by molar-refractivity contribution is -0.129. The maximum Gasteiger partial charge on any atom is 0.254 e. The van der Waals surface area contributed by atoms with Gasteiger partial charge in [0.05, 0.1) is 0 Å². The van der Waals surface area contributed by atoms with Crippen molar-refractivity contribution in [3.63, 3.8) is 0 Å². The van der Waals surface area contributed by atoms with Gasteiger partial charge in [-0.25, -0.2) is 5.53 Å². The van der Waals surface area contributed by atoms with Crippen LogP contribution in [0.1, 0.15) is 6.92 Å². The van der Waals surface area contributed by atoms with E-state index in [4.69, 9.17) is 5.53 Å². The summed E-state index contributed by atoms with van der Waals surface area (Å²) < 4.78 is 0. The first kappa shape index (κ1) is 10.5. The molecule has 2 N–H and O–H groups in total. The van der Waals surface area contributed by atoms with Crippen LogP contribution in [-0.4, -0.2) is 24.3 Å². The number of Topliss-reactive ketones (excluding diaryl/α,β-unsaturated/α-hetero) is 1. The first-order valence-electron chi connectivity index (χ1n) is 3.39. The van der Waals surface area contributed by atoms with E-state index in [2.05, 4.69) is 17.0 Å². The zero-order chi connectivity index (χ0) is 9.56. The number of hydrogen-bond acceptors (Lipinski definition) is 4. The topological polar surface area (TPSA) is 82.4 Å². The molecule has 1 unspecified atom stereocenters. The number of carbonyl (C=O) groups excluding carboxylic acids is 2. The minimum absolute atomic E-state index is 0.276. The van der Waals surface area contributed by atoms with E-state index >= 15 is 0 Å². The molecule has 5 nitrogen and oxygen atoms in total. The molecule has 1 amide bonds. The Hall–Kier alpha value is -1.52. The summed E-state index contributed by atoms with van der Waals surface area (Å²) in [5.74, 6) is -0.996. The van der Waals surface area contributed by atoms with Crippen LogP contribution in [-0.2, 0) is 9.59 Å². The quantitative estimate of drug-likeness (QED) is 0.352. The van der Waals surface area contributed by atoms with Gasteiger partial charge in [-0.05, 0) is 6.92 Å². The highest BCUT2D eigenvalue weighted by molar-refractivity contribution is 6.04. The van der Waals surface area contributed by atoms with Crippen LogP contribution in [0.4, 0.5) is 0 Å². The first-order valence-corrected chi connectivity index (χ1v) is 3.39. The van der Waals surface area contributed by atoms with Crippen molar-refractivity contribution in [2.24, 2.45) is 5.11 Å². The van der Waals surface area contributed by atoms with Gasteiger partial charge in [-0.15, -0.1) is 6.58 Å². The maximum absolute atomic E-state index is 11.0. The minimum atomic E-state index is -1.20. The van der Waals surface area contributed by atoms with Crippen molar-refractivity contribution in [3.05, 3.63) is 12.7 Å². The number of nitrogens with zero attached hydrogens (tertiary/aromatic N) is 1. The Balaban J connectivity index is 4.12. The van der Waals surface area contributed by atoms with E-state index in [0.717, 1.165) is 0 Å². The van der Waals surface area contributed by atoms with Crippen molar-refractivity contribution < 1.29 is 9.59 Å². The Labute approximate surface area is 70.3 Å². The zero-order valence-corrected chi connectivity index (χ0v) is 6.83. The van der Waals surface area contributed by atoms with E-state index in [9.17, 15) is 9.59 Å². The Bertz CT molecular complexity index is 213. The highest BCUT2D eigenvalue weighted by Crippen LogP contribution is 1.92. The van der Waals surface area contributed by atoms with Gasteiger partial charge in [-0.3, -0.25) is 9.59 Å². The fourth-order valence-corrected chi connectivity index (χ4v) is 0.604. The number of rotatable bonds is 5. The zero-order valence-electron chi connectivity index (χ0n) is 6.83.